The molecular formula is C11H21NO. The fourth-order valence-electron chi connectivity index (χ4n) is 2.74. The lowest BCUT2D eigenvalue weighted by atomic mass is 9.83. The van der Waals surface area contributed by atoms with Gasteiger partial charge in [0.25, 0.3) is 0 Å². The molecule has 2 fully saturated rings. The summed E-state index contributed by atoms with van der Waals surface area (Å²) in [5, 5.41) is 12.9. The molecule has 2 rings (SSSR count). The molecule has 1 aliphatic carbocycles. The van der Waals surface area contributed by atoms with E-state index < -0.39 is 0 Å². The monoisotopic (exact) mass is 183 g/mol. The Labute approximate surface area is 80.7 Å². The Morgan fingerprint density at radius 2 is 1.85 bits per heavy atom. The minimum Gasteiger partial charge on any atom is -0.393 e. The highest BCUT2D eigenvalue weighted by atomic mass is 16.3. The van der Waals surface area contributed by atoms with Crippen LogP contribution in [0.3, 0.4) is 0 Å². The summed E-state index contributed by atoms with van der Waals surface area (Å²) in [4.78, 5) is 0. The molecule has 0 spiro atoms. The van der Waals surface area contributed by atoms with Gasteiger partial charge in [-0.05, 0) is 57.4 Å². The summed E-state index contributed by atoms with van der Waals surface area (Å²) in [6.07, 6.45) is 8.67. The molecule has 1 aliphatic heterocycles. The molecule has 1 saturated heterocycles. The quantitative estimate of drug-likeness (QED) is 0.682. The Morgan fingerprint density at radius 3 is 2.46 bits per heavy atom. The van der Waals surface area contributed by atoms with E-state index in [1.165, 1.54) is 38.6 Å². The fourth-order valence-corrected chi connectivity index (χ4v) is 2.74. The first-order valence-electron chi connectivity index (χ1n) is 5.76. The summed E-state index contributed by atoms with van der Waals surface area (Å²) in [6.45, 7) is 1.22. The summed E-state index contributed by atoms with van der Waals surface area (Å²) in [5.74, 6) is 0.888. The molecule has 76 valence electrons. The van der Waals surface area contributed by atoms with Crippen molar-refractivity contribution in [1.29, 1.82) is 0 Å². The number of aliphatic hydroxyl groups excluding tert-OH is 1. The molecule has 2 nitrogen and oxygen atoms in total. The third-order valence-electron chi connectivity index (χ3n) is 3.60. The minimum absolute atomic E-state index is 0.00721. The van der Waals surface area contributed by atoms with E-state index in [0.29, 0.717) is 0 Å². The van der Waals surface area contributed by atoms with Crippen LogP contribution in [-0.4, -0.2) is 23.8 Å². The van der Waals surface area contributed by atoms with E-state index >= 15 is 0 Å². The van der Waals surface area contributed by atoms with E-state index in [2.05, 4.69) is 5.32 Å². The minimum atomic E-state index is 0.00721. The molecule has 2 heteroatoms. The summed E-state index contributed by atoms with van der Waals surface area (Å²) in [5.41, 5.74) is 0. The van der Waals surface area contributed by atoms with Crippen LogP contribution < -0.4 is 5.32 Å². The van der Waals surface area contributed by atoms with Crippen molar-refractivity contribution in [2.24, 2.45) is 5.92 Å². The van der Waals surface area contributed by atoms with E-state index in [4.69, 9.17) is 0 Å². The number of nitrogens with one attached hydrogen (secondary N) is 1. The van der Waals surface area contributed by atoms with Crippen LogP contribution in [0.2, 0.25) is 0 Å². The first kappa shape index (κ1) is 9.47. The van der Waals surface area contributed by atoms with Gasteiger partial charge in [-0.3, -0.25) is 0 Å². The van der Waals surface area contributed by atoms with Gasteiger partial charge >= 0.3 is 0 Å². The zero-order valence-corrected chi connectivity index (χ0v) is 8.34. The van der Waals surface area contributed by atoms with Gasteiger partial charge in [0.2, 0.25) is 0 Å². The fraction of sp³-hybridized carbons (Fsp3) is 1.00. The van der Waals surface area contributed by atoms with E-state index in [1.54, 1.807) is 0 Å². The summed E-state index contributed by atoms with van der Waals surface area (Å²) >= 11 is 0. The highest BCUT2D eigenvalue weighted by Gasteiger charge is 2.23. The van der Waals surface area contributed by atoms with Gasteiger partial charge in [-0.25, -0.2) is 0 Å². The molecule has 13 heavy (non-hydrogen) atoms. The zero-order chi connectivity index (χ0) is 9.10. The van der Waals surface area contributed by atoms with E-state index in [1.807, 2.05) is 0 Å². The predicted molar refractivity (Wildman–Crippen MR) is 53.6 cm³/mol. The molecule has 2 N–H and O–H groups in total. The van der Waals surface area contributed by atoms with Crippen LogP contribution in [-0.2, 0) is 0 Å². The Kier molecular flexibility index (Phi) is 3.23. The second-order valence-corrected chi connectivity index (χ2v) is 4.70. The van der Waals surface area contributed by atoms with Gasteiger partial charge in [-0.1, -0.05) is 0 Å². The van der Waals surface area contributed by atoms with Gasteiger partial charge in [-0.15, -0.1) is 0 Å². The lowest BCUT2D eigenvalue weighted by Crippen LogP contribution is -2.27. The van der Waals surface area contributed by atoms with E-state index in [0.717, 1.165) is 24.8 Å². The molecule has 2 aliphatic rings. The summed E-state index contributed by atoms with van der Waals surface area (Å²) < 4.78 is 0. The van der Waals surface area contributed by atoms with Crippen molar-refractivity contribution in [2.45, 2.75) is 57.1 Å². The van der Waals surface area contributed by atoms with Crippen molar-refractivity contribution in [2.75, 3.05) is 6.54 Å². The van der Waals surface area contributed by atoms with Crippen LogP contribution in [0.1, 0.15) is 44.9 Å². The second-order valence-electron chi connectivity index (χ2n) is 4.70. The number of hydrogen-bond acceptors (Lipinski definition) is 2. The molecule has 0 aromatic carbocycles. The van der Waals surface area contributed by atoms with Gasteiger partial charge < -0.3 is 10.4 Å². The summed E-state index contributed by atoms with van der Waals surface area (Å²) in [6, 6.07) is 0.792. The molecular weight excluding hydrogens is 162 g/mol. The summed E-state index contributed by atoms with van der Waals surface area (Å²) in [7, 11) is 0. The third-order valence-corrected chi connectivity index (χ3v) is 3.60. The highest BCUT2D eigenvalue weighted by Crippen LogP contribution is 2.29. The molecule has 0 bridgehead atoms. The average molecular weight is 183 g/mol. The van der Waals surface area contributed by atoms with Crippen molar-refractivity contribution in [1.82, 2.24) is 5.32 Å². The Morgan fingerprint density at radius 1 is 1.08 bits per heavy atom. The molecule has 0 radical (unpaired) electrons. The van der Waals surface area contributed by atoms with Crippen LogP contribution in [0.4, 0.5) is 0 Å². The van der Waals surface area contributed by atoms with Crippen LogP contribution in [0.25, 0.3) is 0 Å². The maximum atomic E-state index is 9.37. The van der Waals surface area contributed by atoms with Crippen LogP contribution in [0, 0.1) is 5.92 Å². The first-order valence-corrected chi connectivity index (χ1v) is 5.76. The Balaban J connectivity index is 1.69. The van der Waals surface area contributed by atoms with Gasteiger partial charge in [0.05, 0.1) is 6.10 Å². The van der Waals surface area contributed by atoms with Crippen LogP contribution >= 0.6 is 0 Å². The van der Waals surface area contributed by atoms with Crippen molar-refractivity contribution in [3.8, 4) is 0 Å². The number of rotatable bonds is 2. The number of aliphatic hydroxyl groups is 1. The van der Waals surface area contributed by atoms with Crippen LogP contribution in [0.5, 0.6) is 0 Å². The highest BCUT2D eigenvalue weighted by molar-refractivity contribution is 4.80. The molecule has 0 amide bonds. The molecule has 0 aromatic heterocycles. The van der Waals surface area contributed by atoms with Crippen molar-refractivity contribution < 1.29 is 5.11 Å². The first-order chi connectivity index (χ1) is 6.34. The molecule has 1 atom stereocenters. The Bertz CT molecular complexity index is 146. The maximum Gasteiger partial charge on any atom is 0.0540 e. The SMILES string of the molecule is OC1CCC(CC2CCCN2)CC1. The third kappa shape index (κ3) is 2.68. The molecule has 1 heterocycles. The predicted octanol–water partition coefficient (Wildman–Crippen LogP) is 1.68. The average Bonchev–Trinajstić information content (AvgIpc) is 2.62. The topological polar surface area (TPSA) is 32.3 Å². The van der Waals surface area contributed by atoms with Crippen LogP contribution in [0.15, 0.2) is 0 Å². The smallest absolute Gasteiger partial charge is 0.0540 e. The van der Waals surface area contributed by atoms with E-state index in [9.17, 15) is 5.11 Å². The van der Waals surface area contributed by atoms with Crippen molar-refractivity contribution in [3.63, 3.8) is 0 Å². The van der Waals surface area contributed by atoms with Gasteiger partial charge in [0, 0.05) is 6.04 Å². The Hall–Kier alpha value is -0.0800. The second kappa shape index (κ2) is 4.43. The molecule has 0 aromatic rings. The lowest BCUT2D eigenvalue weighted by molar-refractivity contribution is 0.104. The molecule has 1 unspecified atom stereocenters. The van der Waals surface area contributed by atoms with Crippen molar-refractivity contribution in [3.05, 3.63) is 0 Å². The lowest BCUT2D eigenvalue weighted by Gasteiger charge is -2.27. The maximum absolute atomic E-state index is 9.37. The van der Waals surface area contributed by atoms with E-state index in [-0.39, 0.29) is 6.10 Å². The number of hydrogen-bond donors (Lipinski definition) is 2. The van der Waals surface area contributed by atoms with Crippen molar-refractivity contribution >= 4 is 0 Å². The molecule has 1 saturated carbocycles. The van der Waals surface area contributed by atoms with Gasteiger partial charge in [0.15, 0.2) is 0 Å². The standard InChI is InChI=1S/C11H21NO/c13-11-5-3-9(4-6-11)8-10-2-1-7-12-10/h9-13H,1-8H2. The van der Waals surface area contributed by atoms with Gasteiger partial charge in [0.1, 0.15) is 0 Å². The van der Waals surface area contributed by atoms with Gasteiger partial charge in [-0.2, -0.15) is 0 Å². The zero-order valence-electron chi connectivity index (χ0n) is 8.34. The largest absolute Gasteiger partial charge is 0.393 e. The normalized spacial score (nSPS) is 40.8.